The number of allylic oxidation sites excluding steroid dienone is 4. The Labute approximate surface area is 155 Å². The van der Waals surface area contributed by atoms with Crippen molar-refractivity contribution in [1.82, 2.24) is 15.0 Å². The minimum Gasteiger partial charge on any atom is -0.480 e. The van der Waals surface area contributed by atoms with E-state index < -0.39 is 5.97 Å². The zero-order valence-electron chi connectivity index (χ0n) is 14.3. The molecule has 26 heavy (non-hydrogen) atoms. The van der Waals surface area contributed by atoms with Gasteiger partial charge >= 0.3 is 5.97 Å². The molecule has 0 saturated carbocycles. The molecule has 0 bridgehead atoms. The number of aliphatic carboxylic acids is 1. The Hall–Kier alpha value is -2.45. The number of thiazole rings is 1. The zero-order chi connectivity index (χ0) is 17.9. The fourth-order valence-corrected chi connectivity index (χ4v) is 4.02. The summed E-state index contributed by atoms with van der Waals surface area (Å²) in [4.78, 5) is 19.6. The van der Waals surface area contributed by atoms with E-state index in [9.17, 15) is 4.79 Å². The zero-order valence-corrected chi connectivity index (χ0v) is 15.1. The Morgan fingerprint density at radius 3 is 2.81 bits per heavy atom. The molecule has 0 unspecified atom stereocenters. The summed E-state index contributed by atoms with van der Waals surface area (Å²) in [5.74, 6) is -0.00692. The van der Waals surface area contributed by atoms with Gasteiger partial charge in [0.15, 0.2) is 10.9 Å². The lowest BCUT2D eigenvalue weighted by molar-refractivity contribution is -0.138. The topological polar surface area (TPSA) is 82.7 Å². The second-order valence-electron chi connectivity index (χ2n) is 6.39. The maximum absolute atomic E-state index is 10.8. The monoisotopic (exact) mass is 372 g/mol. The van der Waals surface area contributed by atoms with Crippen LogP contribution in [0.1, 0.15) is 18.6 Å². The third kappa shape index (κ3) is 3.71. The summed E-state index contributed by atoms with van der Waals surface area (Å²) in [6, 6.07) is 1.94. The van der Waals surface area contributed by atoms with Crippen LogP contribution in [0.2, 0.25) is 0 Å². The third-order valence-corrected chi connectivity index (χ3v) is 5.45. The molecule has 0 aromatic carbocycles. The van der Waals surface area contributed by atoms with Crippen molar-refractivity contribution in [1.29, 1.82) is 0 Å². The summed E-state index contributed by atoms with van der Waals surface area (Å²) in [5.41, 5.74) is 2.63. The van der Waals surface area contributed by atoms with Crippen LogP contribution in [-0.4, -0.2) is 58.8 Å². The predicted molar refractivity (Wildman–Crippen MR) is 100 cm³/mol. The molecule has 0 radical (unpaired) electrons. The number of hydrogen-bond donors (Lipinski definition) is 1. The molecule has 1 aliphatic heterocycles. The van der Waals surface area contributed by atoms with Crippen LogP contribution in [0.15, 0.2) is 34.2 Å². The fraction of sp³-hybridized carbons (Fsp3) is 0.389. The molecule has 2 aromatic heterocycles. The number of aromatic nitrogens is 2. The van der Waals surface area contributed by atoms with E-state index >= 15 is 0 Å². The van der Waals surface area contributed by atoms with Crippen LogP contribution in [0.3, 0.4) is 0 Å². The largest absolute Gasteiger partial charge is 0.480 e. The van der Waals surface area contributed by atoms with E-state index in [1.54, 1.807) is 11.3 Å². The van der Waals surface area contributed by atoms with Gasteiger partial charge in [0.25, 0.3) is 0 Å². The molecule has 136 valence electrons. The van der Waals surface area contributed by atoms with Gasteiger partial charge < -0.3 is 14.5 Å². The lowest BCUT2D eigenvalue weighted by Gasteiger charge is -2.33. The van der Waals surface area contributed by atoms with Crippen LogP contribution in [0, 0.1) is 0 Å². The second kappa shape index (κ2) is 7.43. The maximum atomic E-state index is 10.8. The van der Waals surface area contributed by atoms with Crippen molar-refractivity contribution in [3.63, 3.8) is 0 Å². The van der Waals surface area contributed by atoms with Gasteiger partial charge in [0.1, 0.15) is 11.4 Å². The molecule has 2 aliphatic rings. The smallest absolute Gasteiger partial charge is 0.317 e. The third-order valence-electron chi connectivity index (χ3n) is 4.55. The molecule has 0 amide bonds. The quantitative estimate of drug-likeness (QED) is 0.864. The Morgan fingerprint density at radius 2 is 2.08 bits per heavy atom. The molecule has 0 atom stereocenters. The molecule has 2 aromatic rings. The van der Waals surface area contributed by atoms with Crippen molar-refractivity contribution < 1.29 is 14.4 Å². The molecule has 1 aliphatic carbocycles. The number of carboxylic acids is 1. The fourth-order valence-electron chi connectivity index (χ4n) is 3.14. The first-order valence-electron chi connectivity index (χ1n) is 8.68. The van der Waals surface area contributed by atoms with Crippen molar-refractivity contribution in [3.05, 3.63) is 35.4 Å². The van der Waals surface area contributed by atoms with Crippen LogP contribution >= 0.6 is 11.3 Å². The van der Waals surface area contributed by atoms with Gasteiger partial charge in [-0.05, 0) is 12.8 Å². The van der Waals surface area contributed by atoms with E-state index in [2.05, 4.69) is 28.3 Å². The molecule has 7 nitrogen and oxygen atoms in total. The molecule has 4 rings (SSSR count). The van der Waals surface area contributed by atoms with E-state index in [0.717, 1.165) is 66.9 Å². The van der Waals surface area contributed by atoms with Crippen LogP contribution in [0.25, 0.3) is 17.0 Å². The van der Waals surface area contributed by atoms with Crippen LogP contribution in [0.5, 0.6) is 0 Å². The summed E-state index contributed by atoms with van der Waals surface area (Å²) < 4.78 is 5.48. The van der Waals surface area contributed by atoms with E-state index in [0.29, 0.717) is 0 Å². The van der Waals surface area contributed by atoms with E-state index in [1.165, 1.54) is 0 Å². The first kappa shape index (κ1) is 17.0. The van der Waals surface area contributed by atoms with E-state index in [4.69, 9.17) is 14.6 Å². The molecule has 0 spiro atoms. The first-order chi connectivity index (χ1) is 12.7. The molecule has 1 saturated heterocycles. The Morgan fingerprint density at radius 1 is 1.23 bits per heavy atom. The van der Waals surface area contributed by atoms with Gasteiger partial charge in [0.2, 0.25) is 0 Å². The molecular formula is C18H20N4O3S. The van der Waals surface area contributed by atoms with Crippen LogP contribution < -0.4 is 4.90 Å². The van der Waals surface area contributed by atoms with E-state index in [1.807, 2.05) is 16.3 Å². The summed E-state index contributed by atoms with van der Waals surface area (Å²) >= 11 is 1.58. The number of piperazine rings is 1. The minimum atomic E-state index is -0.778. The van der Waals surface area contributed by atoms with Gasteiger partial charge in [-0.1, -0.05) is 23.4 Å². The van der Waals surface area contributed by atoms with Crippen molar-refractivity contribution in [2.24, 2.45) is 0 Å². The highest BCUT2D eigenvalue weighted by Crippen LogP contribution is 2.30. The summed E-state index contributed by atoms with van der Waals surface area (Å²) in [6.45, 7) is 3.12. The SMILES string of the molecule is O=C(O)CN1CCN(c2nc(-c3cc(C4=CCCC=C4)on3)cs2)CC1. The van der Waals surface area contributed by atoms with E-state index in [-0.39, 0.29) is 6.54 Å². The van der Waals surface area contributed by atoms with Gasteiger partial charge in [-0.2, -0.15) is 0 Å². The van der Waals surface area contributed by atoms with Crippen molar-refractivity contribution >= 4 is 28.0 Å². The lowest BCUT2D eigenvalue weighted by Crippen LogP contribution is -2.47. The van der Waals surface area contributed by atoms with Crippen molar-refractivity contribution in [2.45, 2.75) is 12.8 Å². The standard InChI is InChI=1S/C18H20N4O3S/c23-17(24)11-21-6-8-22(9-7-21)18-19-15(12-26-18)14-10-16(25-20-14)13-4-2-1-3-5-13/h2,4-5,10,12H,1,3,6-9,11H2,(H,23,24). The summed E-state index contributed by atoms with van der Waals surface area (Å²) in [5, 5.41) is 16.0. The predicted octanol–water partition coefficient (Wildman–Crippen LogP) is 2.74. The van der Waals surface area contributed by atoms with Gasteiger partial charge in [-0.3, -0.25) is 9.69 Å². The minimum absolute atomic E-state index is 0.100. The van der Waals surface area contributed by atoms with Crippen LogP contribution in [0.4, 0.5) is 5.13 Å². The number of nitrogens with zero attached hydrogens (tertiary/aromatic N) is 4. The lowest BCUT2D eigenvalue weighted by atomic mass is 10.0. The second-order valence-corrected chi connectivity index (χ2v) is 7.22. The number of carbonyl (C=O) groups is 1. The molecule has 1 fully saturated rings. The average Bonchev–Trinajstić information content (AvgIpc) is 3.32. The maximum Gasteiger partial charge on any atom is 0.317 e. The van der Waals surface area contributed by atoms with Crippen molar-refractivity contribution in [2.75, 3.05) is 37.6 Å². The number of rotatable bonds is 5. The van der Waals surface area contributed by atoms with Crippen molar-refractivity contribution in [3.8, 4) is 11.4 Å². The number of carboxylic acid groups (broad SMARTS) is 1. The molecular weight excluding hydrogens is 352 g/mol. The van der Waals surface area contributed by atoms with Gasteiger partial charge in [-0.25, -0.2) is 4.98 Å². The molecule has 8 heteroatoms. The first-order valence-corrected chi connectivity index (χ1v) is 9.56. The number of hydrogen-bond acceptors (Lipinski definition) is 7. The normalized spacial score (nSPS) is 18.2. The summed E-state index contributed by atoms with van der Waals surface area (Å²) in [6.07, 6.45) is 8.46. The highest BCUT2D eigenvalue weighted by Gasteiger charge is 2.21. The Kier molecular flexibility index (Phi) is 4.85. The summed E-state index contributed by atoms with van der Waals surface area (Å²) in [7, 11) is 0. The van der Waals surface area contributed by atoms with Gasteiger partial charge in [-0.15, -0.1) is 11.3 Å². The average molecular weight is 372 g/mol. The molecule has 1 N–H and O–H groups in total. The highest BCUT2D eigenvalue weighted by molar-refractivity contribution is 7.14. The Balaban J connectivity index is 1.42. The molecule has 3 heterocycles. The number of anilines is 1. The van der Waals surface area contributed by atoms with Crippen LogP contribution in [-0.2, 0) is 4.79 Å². The van der Waals surface area contributed by atoms with Gasteiger partial charge in [0.05, 0.1) is 6.54 Å². The highest BCUT2D eigenvalue weighted by atomic mass is 32.1. The van der Waals surface area contributed by atoms with Gasteiger partial charge in [0, 0.05) is 43.2 Å². The Bertz CT molecular complexity index is 846.